The number of likely N-dealkylation sites (tertiary alicyclic amines) is 1. The fourth-order valence-corrected chi connectivity index (χ4v) is 3.62. The van der Waals surface area contributed by atoms with E-state index in [0.29, 0.717) is 24.8 Å². The molecule has 2 aromatic heterocycles. The standard InChI is InChI=1S/C20H22N6O/c1-26-6-2-3-14(12-26)13-27-20-18(9-21)24-10-17(25-20)8-16-7-15-4-5-22-19(15)11-23-16/h5,7,10-11,14H,2-4,6,8,12-13H2,1H3. The van der Waals surface area contributed by atoms with Crippen LogP contribution in [0.3, 0.4) is 0 Å². The number of rotatable bonds is 5. The summed E-state index contributed by atoms with van der Waals surface area (Å²) in [7, 11) is 2.13. The number of aromatic nitrogens is 3. The van der Waals surface area contributed by atoms with Crippen molar-refractivity contribution in [3.8, 4) is 11.9 Å². The van der Waals surface area contributed by atoms with Gasteiger partial charge in [0.15, 0.2) is 0 Å². The van der Waals surface area contributed by atoms with Crippen LogP contribution in [0.1, 0.15) is 35.5 Å². The molecule has 2 aromatic rings. The lowest BCUT2D eigenvalue weighted by Gasteiger charge is -2.29. The average molecular weight is 362 g/mol. The van der Waals surface area contributed by atoms with Gasteiger partial charge in [-0.05, 0) is 38.1 Å². The quantitative estimate of drug-likeness (QED) is 0.811. The van der Waals surface area contributed by atoms with Crippen molar-refractivity contribution in [1.29, 1.82) is 5.26 Å². The van der Waals surface area contributed by atoms with Crippen LogP contribution >= 0.6 is 0 Å². The minimum absolute atomic E-state index is 0.234. The SMILES string of the molecule is CN1CCCC(COc2nc(Cc3cc4c(cn3)N=CC4)cnc2C#N)C1. The maximum Gasteiger partial charge on any atom is 0.251 e. The molecular formula is C20H22N6O. The Morgan fingerprint density at radius 1 is 1.30 bits per heavy atom. The molecular weight excluding hydrogens is 340 g/mol. The molecule has 0 spiro atoms. The third-order valence-electron chi connectivity index (χ3n) is 5.00. The Morgan fingerprint density at radius 2 is 2.22 bits per heavy atom. The lowest BCUT2D eigenvalue weighted by Crippen LogP contribution is -2.35. The molecule has 1 fully saturated rings. The summed E-state index contributed by atoms with van der Waals surface area (Å²) >= 11 is 0. The third-order valence-corrected chi connectivity index (χ3v) is 5.00. The molecule has 0 amide bonds. The molecule has 0 radical (unpaired) electrons. The van der Waals surface area contributed by atoms with E-state index in [1.54, 1.807) is 12.4 Å². The van der Waals surface area contributed by atoms with Crippen molar-refractivity contribution in [2.75, 3.05) is 26.7 Å². The number of aliphatic imine (C=N–C) groups is 1. The van der Waals surface area contributed by atoms with E-state index < -0.39 is 0 Å². The van der Waals surface area contributed by atoms with Crippen molar-refractivity contribution >= 4 is 11.9 Å². The van der Waals surface area contributed by atoms with E-state index >= 15 is 0 Å². The van der Waals surface area contributed by atoms with Gasteiger partial charge < -0.3 is 9.64 Å². The number of piperidine rings is 1. The summed E-state index contributed by atoms with van der Waals surface area (Å²) in [5.74, 6) is 0.784. The van der Waals surface area contributed by atoms with Crippen LogP contribution in [-0.2, 0) is 12.8 Å². The van der Waals surface area contributed by atoms with Gasteiger partial charge in [-0.15, -0.1) is 0 Å². The fourth-order valence-electron chi connectivity index (χ4n) is 3.62. The van der Waals surface area contributed by atoms with E-state index in [-0.39, 0.29) is 5.69 Å². The van der Waals surface area contributed by atoms with Gasteiger partial charge in [0.2, 0.25) is 5.69 Å². The Hall–Kier alpha value is -2.85. The molecule has 0 N–H and O–H groups in total. The predicted octanol–water partition coefficient (Wildman–Crippen LogP) is 2.31. The number of hydrogen-bond donors (Lipinski definition) is 0. The van der Waals surface area contributed by atoms with Crippen molar-refractivity contribution < 1.29 is 4.74 Å². The van der Waals surface area contributed by atoms with Crippen LogP contribution in [-0.4, -0.2) is 52.8 Å². The van der Waals surface area contributed by atoms with Gasteiger partial charge in [0.05, 0.1) is 30.4 Å². The summed E-state index contributed by atoms with van der Waals surface area (Å²) in [6.45, 7) is 2.70. The molecule has 1 saturated heterocycles. The summed E-state index contributed by atoms with van der Waals surface area (Å²) in [5, 5.41) is 9.32. The average Bonchev–Trinajstić information content (AvgIpc) is 3.14. The summed E-state index contributed by atoms with van der Waals surface area (Å²) < 4.78 is 5.91. The molecule has 27 heavy (non-hydrogen) atoms. The molecule has 2 aliphatic rings. The van der Waals surface area contributed by atoms with Crippen molar-refractivity contribution in [2.24, 2.45) is 10.9 Å². The van der Waals surface area contributed by atoms with Gasteiger partial charge in [-0.3, -0.25) is 9.98 Å². The van der Waals surface area contributed by atoms with Crippen LogP contribution in [0.2, 0.25) is 0 Å². The Bertz CT molecular complexity index is 904. The van der Waals surface area contributed by atoms with Crippen LogP contribution in [0, 0.1) is 17.2 Å². The molecule has 4 heterocycles. The number of nitrogens with zero attached hydrogens (tertiary/aromatic N) is 6. The van der Waals surface area contributed by atoms with Crippen molar-refractivity contribution in [1.82, 2.24) is 19.9 Å². The van der Waals surface area contributed by atoms with E-state index in [9.17, 15) is 5.26 Å². The van der Waals surface area contributed by atoms with Gasteiger partial charge in [0.25, 0.3) is 5.88 Å². The van der Waals surface area contributed by atoms with E-state index in [2.05, 4.69) is 44.0 Å². The number of pyridine rings is 1. The van der Waals surface area contributed by atoms with Gasteiger partial charge in [-0.2, -0.15) is 5.26 Å². The molecule has 0 aliphatic carbocycles. The highest BCUT2D eigenvalue weighted by atomic mass is 16.5. The second-order valence-corrected chi connectivity index (χ2v) is 7.21. The normalized spacial score (nSPS) is 18.9. The van der Waals surface area contributed by atoms with E-state index in [0.717, 1.165) is 43.0 Å². The van der Waals surface area contributed by atoms with Gasteiger partial charge in [-0.1, -0.05) is 0 Å². The van der Waals surface area contributed by atoms with Crippen LogP contribution in [0.15, 0.2) is 23.5 Å². The number of hydrogen-bond acceptors (Lipinski definition) is 7. The molecule has 138 valence electrons. The molecule has 0 saturated carbocycles. The second kappa shape index (κ2) is 7.80. The maximum atomic E-state index is 9.32. The molecule has 1 unspecified atom stereocenters. The summed E-state index contributed by atoms with van der Waals surface area (Å²) in [6.07, 6.45) is 9.03. The molecule has 1 atom stereocenters. The topological polar surface area (TPSA) is 87.3 Å². The molecule has 4 rings (SSSR count). The van der Waals surface area contributed by atoms with Gasteiger partial charge in [0.1, 0.15) is 6.07 Å². The van der Waals surface area contributed by atoms with Crippen molar-refractivity contribution in [2.45, 2.75) is 25.7 Å². The van der Waals surface area contributed by atoms with E-state index in [1.807, 2.05) is 6.21 Å². The van der Waals surface area contributed by atoms with Crippen LogP contribution in [0.25, 0.3) is 0 Å². The first-order valence-electron chi connectivity index (χ1n) is 9.29. The zero-order chi connectivity index (χ0) is 18.6. The van der Waals surface area contributed by atoms with Crippen molar-refractivity contribution in [3.05, 3.63) is 41.1 Å². The minimum atomic E-state index is 0.234. The van der Waals surface area contributed by atoms with Gasteiger partial charge in [-0.25, -0.2) is 9.97 Å². The largest absolute Gasteiger partial charge is 0.475 e. The Morgan fingerprint density at radius 3 is 3.07 bits per heavy atom. The van der Waals surface area contributed by atoms with E-state index in [1.165, 1.54) is 12.0 Å². The minimum Gasteiger partial charge on any atom is -0.475 e. The molecule has 7 heteroatoms. The first-order valence-corrected chi connectivity index (χ1v) is 9.29. The van der Waals surface area contributed by atoms with Crippen LogP contribution in [0.5, 0.6) is 5.88 Å². The van der Waals surface area contributed by atoms with Crippen LogP contribution < -0.4 is 4.74 Å². The first kappa shape index (κ1) is 17.6. The maximum absolute atomic E-state index is 9.32. The zero-order valence-electron chi connectivity index (χ0n) is 15.4. The van der Waals surface area contributed by atoms with Crippen molar-refractivity contribution in [3.63, 3.8) is 0 Å². The predicted molar refractivity (Wildman–Crippen MR) is 101 cm³/mol. The third kappa shape index (κ3) is 4.12. The number of ether oxygens (including phenoxy) is 1. The zero-order valence-corrected chi connectivity index (χ0v) is 15.4. The second-order valence-electron chi connectivity index (χ2n) is 7.21. The van der Waals surface area contributed by atoms with E-state index in [4.69, 9.17) is 4.74 Å². The molecule has 7 nitrogen and oxygen atoms in total. The fraction of sp³-hybridized carbons (Fsp3) is 0.450. The smallest absolute Gasteiger partial charge is 0.251 e. The molecule has 0 aromatic carbocycles. The lowest BCUT2D eigenvalue weighted by molar-refractivity contribution is 0.147. The van der Waals surface area contributed by atoms with Gasteiger partial charge in [0, 0.05) is 37.2 Å². The molecule has 2 aliphatic heterocycles. The number of fused-ring (bicyclic) bond motifs is 1. The Kier molecular flexibility index (Phi) is 5.07. The highest BCUT2D eigenvalue weighted by Crippen LogP contribution is 2.24. The summed E-state index contributed by atoms with van der Waals surface area (Å²) in [4.78, 5) is 19.8. The lowest BCUT2D eigenvalue weighted by atomic mass is 10.00. The first-order chi connectivity index (χ1) is 13.2. The highest BCUT2D eigenvalue weighted by molar-refractivity contribution is 5.75. The Labute approximate surface area is 158 Å². The molecule has 0 bridgehead atoms. The highest BCUT2D eigenvalue weighted by Gasteiger charge is 2.19. The Balaban J connectivity index is 1.46. The number of nitriles is 1. The summed E-state index contributed by atoms with van der Waals surface area (Å²) in [5.41, 5.74) is 4.01. The summed E-state index contributed by atoms with van der Waals surface area (Å²) in [6, 6.07) is 4.13. The van der Waals surface area contributed by atoms with Gasteiger partial charge >= 0.3 is 0 Å². The monoisotopic (exact) mass is 362 g/mol. The van der Waals surface area contributed by atoms with Crippen LogP contribution in [0.4, 0.5) is 5.69 Å².